The molecule has 1 aromatic rings. The number of likely N-dealkylation sites (tertiary alicyclic amines) is 1. The maximum Gasteiger partial charge on any atom is 0.239 e. The van der Waals surface area contributed by atoms with Gasteiger partial charge in [-0.1, -0.05) is 0 Å². The Morgan fingerprint density at radius 1 is 1.50 bits per heavy atom. The molecule has 0 aromatic carbocycles. The standard InChI is InChI=1S/C12H17BrN4O.2ClH/c13-9-3-4-11(15-6-9)16-12(18)8-17-5-1-2-10(14)7-17;;/h3-4,6,10H,1-2,5,7-8,14H2,(H,15,16,18);2*1H/t10-;;/m1../s1. The smallest absolute Gasteiger partial charge is 0.239 e. The number of amides is 1. The predicted molar refractivity (Wildman–Crippen MR) is 88.7 cm³/mol. The summed E-state index contributed by atoms with van der Waals surface area (Å²) < 4.78 is 0.891. The summed E-state index contributed by atoms with van der Waals surface area (Å²) in [5.41, 5.74) is 5.88. The van der Waals surface area contributed by atoms with Crippen molar-refractivity contribution in [3.8, 4) is 0 Å². The van der Waals surface area contributed by atoms with E-state index in [-0.39, 0.29) is 36.8 Å². The van der Waals surface area contributed by atoms with Crippen molar-refractivity contribution in [3.63, 3.8) is 0 Å². The molecule has 3 N–H and O–H groups in total. The summed E-state index contributed by atoms with van der Waals surface area (Å²) >= 11 is 3.30. The van der Waals surface area contributed by atoms with Crippen LogP contribution >= 0.6 is 40.7 Å². The number of hydrogen-bond acceptors (Lipinski definition) is 4. The summed E-state index contributed by atoms with van der Waals surface area (Å²) in [7, 11) is 0. The number of carbonyl (C=O) groups excluding carboxylic acids is 1. The lowest BCUT2D eigenvalue weighted by atomic mass is 10.1. The third-order valence-corrected chi connectivity index (χ3v) is 3.37. The SMILES string of the molecule is Cl.Cl.N[C@@H]1CCCN(CC(=O)Nc2ccc(Br)cn2)C1. The summed E-state index contributed by atoms with van der Waals surface area (Å²) in [4.78, 5) is 18.0. The zero-order valence-electron chi connectivity index (χ0n) is 10.9. The Balaban J connectivity index is 0.00000180. The van der Waals surface area contributed by atoms with Crippen LogP contribution in [0.3, 0.4) is 0 Å². The number of rotatable bonds is 3. The van der Waals surface area contributed by atoms with E-state index in [1.807, 2.05) is 6.07 Å². The number of anilines is 1. The Morgan fingerprint density at radius 3 is 2.85 bits per heavy atom. The largest absolute Gasteiger partial charge is 0.327 e. The normalized spacial score (nSPS) is 18.6. The number of piperidine rings is 1. The van der Waals surface area contributed by atoms with E-state index >= 15 is 0 Å². The molecule has 1 amide bonds. The monoisotopic (exact) mass is 384 g/mol. The van der Waals surface area contributed by atoms with Gasteiger partial charge in [-0.15, -0.1) is 24.8 Å². The van der Waals surface area contributed by atoms with Gasteiger partial charge in [0, 0.05) is 23.3 Å². The molecular weight excluding hydrogens is 367 g/mol. The first-order valence-electron chi connectivity index (χ1n) is 6.03. The molecule has 5 nitrogen and oxygen atoms in total. The molecule has 8 heteroatoms. The summed E-state index contributed by atoms with van der Waals surface area (Å²) in [6.45, 7) is 2.11. The lowest BCUT2D eigenvalue weighted by Crippen LogP contribution is -2.45. The third kappa shape index (κ3) is 6.37. The summed E-state index contributed by atoms with van der Waals surface area (Å²) in [6, 6.07) is 3.81. The highest BCUT2D eigenvalue weighted by Gasteiger charge is 2.18. The number of hydrogen-bond donors (Lipinski definition) is 2. The van der Waals surface area contributed by atoms with Crippen LogP contribution in [0.4, 0.5) is 5.82 Å². The average molecular weight is 386 g/mol. The van der Waals surface area contributed by atoms with Gasteiger partial charge in [0.25, 0.3) is 0 Å². The predicted octanol–water partition coefficient (Wildman–Crippen LogP) is 2.05. The molecule has 2 rings (SSSR count). The number of nitrogens with one attached hydrogen (secondary N) is 1. The Labute approximate surface area is 139 Å². The first kappa shape index (κ1) is 19.6. The quantitative estimate of drug-likeness (QED) is 0.835. The fraction of sp³-hybridized carbons (Fsp3) is 0.500. The minimum Gasteiger partial charge on any atom is -0.327 e. The van der Waals surface area contributed by atoms with Gasteiger partial charge in [0.05, 0.1) is 6.54 Å². The zero-order valence-corrected chi connectivity index (χ0v) is 14.1. The van der Waals surface area contributed by atoms with Crippen molar-refractivity contribution in [2.45, 2.75) is 18.9 Å². The minimum atomic E-state index is -0.0427. The number of halogens is 3. The number of nitrogens with two attached hydrogens (primary N) is 1. The van der Waals surface area contributed by atoms with Crippen molar-refractivity contribution >= 4 is 52.5 Å². The van der Waals surface area contributed by atoms with Gasteiger partial charge in [-0.2, -0.15) is 0 Å². The summed E-state index contributed by atoms with van der Waals surface area (Å²) in [5.74, 6) is 0.531. The number of aromatic nitrogens is 1. The van der Waals surface area contributed by atoms with Crippen LogP contribution in [-0.2, 0) is 4.79 Å². The van der Waals surface area contributed by atoms with Gasteiger partial charge < -0.3 is 11.1 Å². The van der Waals surface area contributed by atoms with Crippen molar-refractivity contribution in [1.82, 2.24) is 9.88 Å². The topological polar surface area (TPSA) is 71.2 Å². The molecule has 1 saturated heterocycles. The van der Waals surface area contributed by atoms with Gasteiger partial charge in [0.1, 0.15) is 5.82 Å². The minimum absolute atomic E-state index is 0. The first-order chi connectivity index (χ1) is 8.63. The Morgan fingerprint density at radius 2 is 2.25 bits per heavy atom. The van der Waals surface area contributed by atoms with Crippen LogP contribution in [0.25, 0.3) is 0 Å². The molecular formula is C12H19BrCl2N4O. The van der Waals surface area contributed by atoms with E-state index in [4.69, 9.17) is 5.73 Å². The summed E-state index contributed by atoms with van der Waals surface area (Å²) in [6.07, 6.45) is 3.77. The Hall–Kier alpha value is -0.400. The molecule has 2 heterocycles. The summed E-state index contributed by atoms with van der Waals surface area (Å²) in [5, 5.41) is 2.78. The van der Waals surface area contributed by atoms with Crippen LogP contribution in [0.5, 0.6) is 0 Å². The molecule has 114 valence electrons. The van der Waals surface area contributed by atoms with Crippen LogP contribution in [0, 0.1) is 0 Å². The van der Waals surface area contributed by atoms with E-state index in [2.05, 4.69) is 31.1 Å². The van der Waals surface area contributed by atoms with E-state index < -0.39 is 0 Å². The molecule has 1 aliphatic heterocycles. The molecule has 0 radical (unpaired) electrons. The highest BCUT2D eigenvalue weighted by Crippen LogP contribution is 2.11. The molecule has 1 aromatic heterocycles. The van der Waals surface area contributed by atoms with E-state index in [0.717, 1.165) is 30.4 Å². The van der Waals surface area contributed by atoms with Crippen molar-refractivity contribution in [2.75, 3.05) is 25.0 Å². The highest BCUT2D eigenvalue weighted by atomic mass is 79.9. The van der Waals surface area contributed by atoms with Gasteiger partial charge in [-0.05, 0) is 47.4 Å². The number of nitrogens with zero attached hydrogens (tertiary/aromatic N) is 2. The molecule has 0 bridgehead atoms. The van der Waals surface area contributed by atoms with E-state index in [1.54, 1.807) is 12.3 Å². The zero-order chi connectivity index (χ0) is 13.0. The third-order valence-electron chi connectivity index (χ3n) is 2.90. The number of carbonyl (C=O) groups is 1. The van der Waals surface area contributed by atoms with Crippen molar-refractivity contribution in [2.24, 2.45) is 5.73 Å². The molecule has 1 fully saturated rings. The number of pyridine rings is 1. The molecule has 1 aliphatic rings. The average Bonchev–Trinajstić information content (AvgIpc) is 2.32. The molecule has 1 atom stereocenters. The van der Waals surface area contributed by atoms with Gasteiger partial charge in [0.2, 0.25) is 5.91 Å². The molecule has 20 heavy (non-hydrogen) atoms. The van der Waals surface area contributed by atoms with Gasteiger partial charge in [-0.3, -0.25) is 9.69 Å². The fourth-order valence-electron chi connectivity index (χ4n) is 2.07. The van der Waals surface area contributed by atoms with E-state index in [9.17, 15) is 4.79 Å². The maximum atomic E-state index is 11.8. The van der Waals surface area contributed by atoms with Gasteiger partial charge in [-0.25, -0.2) is 4.98 Å². The lowest BCUT2D eigenvalue weighted by molar-refractivity contribution is -0.117. The van der Waals surface area contributed by atoms with Crippen molar-refractivity contribution < 1.29 is 4.79 Å². The molecule has 0 unspecified atom stereocenters. The van der Waals surface area contributed by atoms with Crippen LogP contribution in [0.2, 0.25) is 0 Å². The van der Waals surface area contributed by atoms with Crippen LogP contribution in [-0.4, -0.2) is 41.5 Å². The molecule has 0 saturated carbocycles. The first-order valence-corrected chi connectivity index (χ1v) is 6.82. The second-order valence-corrected chi connectivity index (χ2v) is 5.46. The Bertz CT molecular complexity index is 418. The van der Waals surface area contributed by atoms with E-state index in [1.165, 1.54) is 0 Å². The van der Waals surface area contributed by atoms with Crippen LogP contribution in [0.1, 0.15) is 12.8 Å². The van der Waals surface area contributed by atoms with Crippen molar-refractivity contribution in [3.05, 3.63) is 22.8 Å². The maximum absolute atomic E-state index is 11.8. The second-order valence-electron chi connectivity index (χ2n) is 4.55. The second kappa shape index (κ2) is 9.52. The van der Waals surface area contributed by atoms with Crippen LogP contribution < -0.4 is 11.1 Å². The van der Waals surface area contributed by atoms with Gasteiger partial charge >= 0.3 is 0 Å². The molecule has 0 spiro atoms. The van der Waals surface area contributed by atoms with E-state index in [0.29, 0.717) is 12.4 Å². The van der Waals surface area contributed by atoms with Crippen LogP contribution in [0.15, 0.2) is 22.8 Å². The fourth-order valence-corrected chi connectivity index (χ4v) is 2.30. The Kier molecular flexibility index (Phi) is 9.33. The molecule has 0 aliphatic carbocycles. The van der Waals surface area contributed by atoms with Gasteiger partial charge in [0.15, 0.2) is 0 Å². The van der Waals surface area contributed by atoms with Crippen molar-refractivity contribution in [1.29, 1.82) is 0 Å². The lowest BCUT2D eigenvalue weighted by Gasteiger charge is -2.29. The highest BCUT2D eigenvalue weighted by molar-refractivity contribution is 9.10.